The second-order valence-corrected chi connectivity index (χ2v) is 10.7. The van der Waals surface area contributed by atoms with Crippen LogP contribution >= 0.6 is 22.9 Å². The molecule has 1 aromatic carbocycles. The van der Waals surface area contributed by atoms with E-state index in [4.69, 9.17) is 16.4 Å². The molecule has 2 aromatic heterocycles. The standard InChI is InChI=1S/C25H20ClF5N4O3S/c26-14-8-15(25(29,30)31)24(37)35(11-14)12-21(36)34-6-4-13(5-7-34)23-32-10-20(39-23)18-9-19(38-33-18)22-16(27)2-1-3-17(22)28/h1-3,8,10-11,13,19H,4-7,9,12H2. The fourth-order valence-electron chi connectivity index (χ4n) is 4.65. The number of pyridine rings is 1. The van der Waals surface area contributed by atoms with E-state index >= 15 is 0 Å². The summed E-state index contributed by atoms with van der Waals surface area (Å²) in [5, 5.41) is 4.52. The van der Waals surface area contributed by atoms with Crippen LogP contribution in [-0.2, 0) is 22.4 Å². The number of piperidine rings is 1. The Kier molecular flexibility index (Phi) is 7.47. The molecule has 1 atom stereocenters. The summed E-state index contributed by atoms with van der Waals surface area (Å²) >= 11 is 7.13. The molecular formula is C25H20ClF5N4O3S. The molecule has 0 N–H and O–H groups in total. The van der Waals surface area contributed by atoms with Gasteiger partial charge in [-0.05, 0) is 31.0 Å². The first-order chi connectivity index (χ1) is 18.5. The van der Waals surface area contributed by atoms with Crippen molar-refractivity contribution in [2.75, 3.05) is 13.1 Å². The third-order valence-electron chi connectivity index (χ3n) is 6.66. The van der Waals surface area contributed by atoms with E-state index < -0.39 is 47.5 Å². The summed E-state index contributed by atoms with van der Waals surface area (Å²) in [7, 11) is 0. The van der Waals surface area contributed by atoms with Gasteiger partial charge in [-0.1, -0.05) is 22.8 Å². The second-order valence-electron chi connectivity index (χ2n) is 9.19. The lowest BCUT2D eigenvalue weighted by Crippen LogP contribution is -2.41. The highest BCUT2D eigenvalue weighted by Gasteiger charge is 2.36. The Morgan fingerprint density at radius 3 is 2.54 bits per heavy atom. The van der Waals surface area contributed by atoms with Gasteiger partial charge in [-0.2, -0.15) is 13.2 Å². The molecule has 1 amide bonds. The van der Waals surface area contributed by atoms with E-state index in [9.17, 15) is 31.5 Å². The van der Waals surface area contributed by atoms with E-state index in [-0.39, 0.29) is 22.9 Å². The molecule has 2 aliphatic heterocycles. The Morgan fingerprint density at radius 1 is 1.18 bits per heavy atom. The maximum Gasteiger partial charge on any atom is 0.421 e. The zero-order chi connectivity index (χ0) is 27.9. The lowest BCUT2D eigenvalue weighted by Gasteiger charge is -2.31. The number of amides is 1. The molecule has 1 fully saturated rings. The van der Waals surface area contributed by atoms with E-state index in [2.05, 4.69) is 10.1 Å². The molecule has 3 aromatic rings. The van der Waals surface area contributed by atoms with E-state index in [1.807, 2.05) is 0 Å². The Hall–Kier alpha value is -3.32. The average molecular weight is 587 g/mol. The van der Waals surface area contributed by atoms with Crippen molar-refractivity contribution in [2.24, 2.45) is 5.16 Å². The molecule has 206 valence electrons. The van der Waals surface area contributed by atoms with Gasteiger partial charge in [-0.25, -0.2) is 13.8 Å². The van der Waals surface area contributed by atoms with Crippen LogP contribution in [0.4, 0.5) is 22.0 Å². The number of halogens is 6. The predicted octanol–water partition coefficient (Wildman–Crippen LogP) is 5.53. The van der Waals surface area contributed by atoms with Gasteiger partial charge < -0.3 is 14.3 Å². The number of alkyl halides is 3. The van der Waals surface area contributed by atoms with Crippen molar-refractivity contribution < 1.29 is 31.6 Å². The molecule has 1 saturated heterocycles. The van der Waals surface area contributed by atoms with Crippen LogP contribution in [0.1, 0.15) is 52.3 Å². The molecule has 14 heteroatoms. The lowest BCUT2D eigenvalue weighted by molar-refractivity contribution is -0.139. The van der Waals surface area contributed by atoms with Crippen LogP contribution in [0.2, 0.25) is 5.02 Å². The number of hydrogen-bond donors (Lipinski definition) is 0. The Bertz CT molecular complexity index is 1480. The summed E-state index contributed by atoms with van der Waals surface area (Å²) in [6.45, 7) is 0.106. The molecule has 0 radical (unpaired) electrons. The highest BCUT2D eigenvalue weighted by atomic mass is 35.5. The number of oxime groups is 1. The van der Waals surface area contributed by atoms with Crippen LogP contribution in [0.5, 0.6) is 0 Å². The Balaban J connectivity index is 1.19. The largest absolute Gasteiger partial charge is 0.421 e. The van der Waals surface area contributed by atoms with Gasteiger partial charge in [0, 0.05) is 37.8 Å². The summed E-state index contributed by atoms with van der Waals surface area (Å²) < 4.78 is 68.3. The molecule has 0 spiro atoms. The van der Waals surface area contributed by atoms with Crippen molar-refractivity contribution in [3.63, 3.8) is 0 Å². The van der Waals surface area contributed by atoms with Gasteiger partial charge in [0.2, 0.25) is 5.91 Å². The van der Waals surface area contributed by atoms with Crippen LogP contribution in [0.25, 0.3) is 0 Å². The van der Waals surface area contributed by atoms with Gasteiger partial charge in [-0.3, -0.25) is 9.59 Å². The predicted molar refractivity (Wildman–Crippen MR) is 133 cm³/mol. The topological polar surface area (TPSA) is 76.8 Å². The number of carbonyl (C=O) groups excluding carboxylic acids is 1. The van der Waals surface area contributed by atoms with Gasteiger partial charge in [0.15, 0.2) is 6.10 Å². The third-order valence-corrected chi connectivity index (χ3v) is 8.07. The van der Waals surface area contributed by atoms with Crippen molar-refractivity contribution in [3.8, 4) is 0 Å². The number of likely N-dealkylation sites (tertiary alicyclic amines) is 1. The quantitative estimate of drug-likeness (QED) is 0.369. The SMILES string of the molecule is O=C(Cn1cc(Cl)cc(C(F)(F)F)c1=O)N1CCC(c2ncc(C3=NOC(c4c(F)cccc4F)C3)s2)CC1. The molecule has 0 aliphatic carbocycles. The number of hydrogen-bond acceptors (Lipinski definition) is 6. The molecule has 4 heterocycles. The maximum absolute atomic E-state index is 14.1. The number of thiazole rings is 1. The van der Waals surface area contributed by atoms with Gasteiger partial charge in [0.05, 0.1) is 20.5 Å². The van der Waals surface area contributed by atoms with Gasteiger partial charge in [-0.15, -0.1) is 11.3 Å². The van der Waals surface area contributed by atoms with E-state index in [0.717, 1.165) is 23.3 Å². The molecule has 0 saturated carbocycles. The van der Waals surface area contributed by atoms with E-state index in [0.29, 0.717) is 47.2 Å². The molecule has 1 unspecified atom stereocenters. The molecule has 5 rings (SSSR count). The molecule has 39 heavy (non-hydrogen) atoms. The fraction of sp³-hybridized carbons (Fsp3) is 0.360. The summed E-state index contributed by atoms with van der Waals surface area (Å²) in [5.74, 6) is -1.87. The number of carbonyl (C=O) groups is 1. The monoisotopic (exact) mass is 586 g/mol. The van der Waals surface area contributed by atoms with Crippen LogP contribution in [0.3, 0.4) is 0 Å². The van der Waals surface area contributed by atoms with Crippen molar-refractivity contribution in [1.29, 1.82) is 0 Å². The first-order valence-electron chi connectivity index (χ1n) is 11.9. The van der Waals surface area contributed by atoms with Crippen LogP contribution in [0, 0.1) is 11.6 Å². The number of nitrogens with zero attached hydrogens (tertiary/aromatic N) is 4. The minimum absolute atomic E-state index is 0.0289. The van der Waals surface area contributed by atoms with Gasteiger partial charge >= 0.3 is 6.18 Å². The van der Waals surface area contributed by atoms with Crippen LogP contribution < -0.4 is 5.56 Å². The van der Waals surface area contributed by atoms with Crippen molar-refractivity contribution in [3.05, 3.63) is 84.7 Å². The number of benzene rings is 1. The first-order valence-corrected chi connectivity index (χ1v) is 13.1. The summed E-state index contributed by atoms with van der Waals surface area (Å²) in [4.78, 5) is 37.0. The Morgan fingerprint density at radius 2 is 1.87 bits per heavy atom. The average Bonchev–Trinajstić information content (AvgIpc) is 3.56. The highest BCUT2D eigenvalue weighted by molar-refractivity contribution is 7.13. The van der Waals surface area contributed by atoms with Gasteiger partial charge in [0.1, 0.15) is 29.5 Å². The molecule has 2 aliphatic rings. The lowest BCUT2D eigenvalue weighted by atomic mass is 9.97. The summed E-state index contributed by atoms with van der Waals surface area (Å²) in [5.41, 5.74) is -2.40. The molecule has 7 nitrogen and oxygen atoms in total. The van der Waals surface area contributed by atoms with Crippen LogP contribution in [-0.4, -0.2) is 39.2 Å². The molecular weight excluding hydrogens is 567 g/mol. The second kappa shape index (κ2) is 10.7. The third kappa shape index (κ3) is 5.69. The fourth-order valence-corrected chi connectivity index (χ4v) is 5.95. The molecule has 0 bridgehead atoms. The van der Waals surface area contributed by atoms with E-state index in [1.54, 1.807) is 6.20 Å². The summed E-state index contributed by atoms with van der Waals surface area (Å²) in [6, 6.07) is 4.14. The maximum atomic E-state index is 14.1. The zero-order valence-corrected chi connectivity index (χ0v) is 21.6. The van der Waals surface area contributed by atoms with Gasteiger partial charge in [0.25, 0.3) is 5.56 Å². The zero-order valence-electron chi connectivity index (χ0n) is 20.1. The highest BCUT2D eigenvalue weighted by Crippen LogP contribution is 2.36. The van der Waals surface area contributed by atoms with E-state index in [1.165, 1.54) is 22.3 Å². The smallest absolute Gasteiger partial charge is 0.387 e. The first kappa shape index (κ1) is 27.3. The van der Waals surface area contributed by atoms with Crippen molar-refractivity contribution >= 4 is 34.6 Å². The Labute approximate surface area is 227 Å². The number of rotatable bonds is 5. The van der Waals surface area contributed by atoms with Crippen molar-refractivity contribution in [2.45, 2.75) is 44.0 Å². The minimum Gasteiger partial charge on any atom is -0.387 e. The van der Waals surface area contributed by atoms with Crippen molar-refractivity contribution in [1.82, 2.24) is 14.5 Å². The van der Waals surface area contributed by atoms with Crippen LogP contribution in [0.15, 0.2) is 46.6 Å². The summed E-state index contributed by atoms with van der Waals surface area (Å²) in [6.07, 6.45) is -1.81. The normalized spacial score (nSPS) is 18.3. The number of aromatic nitrogens is 2. The minimum atomic E-state index is -4.89.